The first-order chi connectivity index (χ1) is 19.6. The van der Waals surface area contributed by atoms with Gasteiger partial charge in [-0.25, -0.2) is 8.42 Å². The zero-order chi connectivity index (χ0) is 30.0. The Morgan fingerprint density at radius 2 is 1.63 bits per heavy atom. The van der Waals surface area contributed by atoms with Crippen LogP contribution in [0.1, 0.15) is 44.2 Å². The highest BCUT2D eigenvalue weighted by molar-refractivity contribution is 7.92. The van der Waals surface area contributed by atoms with E-state index in [1.54, 1.807) is 36.4 Å². The van der Waals surface area contributed by atoms with Crippen LogP contribution in [0.5, 0.6) is 5.75 Å². The molecule has 1 atom stereocenters. The first-order valence-corrected chi connectivity index (χ1v) is 15.5. The Balaban J connectivity index is 2.04. The van der Waals surface area contributed by atoms with Gasteiger partial charge in [-0.2, -0.15) is 0 Å². The molecule has 1 unspecified atom stereocenters. The van der Waals surface area contributed by atoms with Crippen LogP contribution >= 0.6 is 11.6 Å². The number of aryl methyl sites for hydroxylation is 1. The number of carbonyl (C=O) groups excluding carboxylic acids is 2. The molecule has 220 valence electrons. The number of halogens is 1. The zero-order valence-corrected chi connectivity index (χ0v) is 25.5. The average molecular weight is 600 g/mol. The second-order valence-electron chi connectivity index (χ2n) is 9.68. The molecule has 8 nitrogen and oxygen atoms in total. The number of carbonyl (C=O) groups is 2. The third-order valence-electron chi connectivity index (χ3n) is 6.86. The summed E-state index contributed by atoms with van der Waals surface area (Å²) in [6, 6.07) is 19.0. The first kappa shape index (κ1) is 32.0. The fourth-order valence-electron chi connectivity index (χ4n) is 4.41. The molecule has 0 aliphatic rings. The molecule has 0 aromatic heterocycles. The van der Waals surface area contributed by atoms with Crippen LogP contribution in [0.15, 0.2) is 77.7 Å². The van der Waals surface area contributed by atoms with Crippen molar-refractivity contribution >= 4 is 39.1 Å². The van der Waals surface area contributed by atoms with Gasteiger partial charge in [0.25, 0.3) is 10.0 Å². The highest BCUT2D eigenvalue weighted by Crippen LogP contribution is 2.27. The number of sulfonamides is 1. The second kappa shape index (κ2) is 14.9. The molecule has 0 saturated carbocycles. The Morgan fingerprint density at radius 3 is 2.22 bits per heavy atom. The summed E-state index contributed by atoms with van der Waals surface area (Å²) in [4.78, 5) is 28.9. The van der Waals surface area contributed by atoms with E-state index in [0.717, 1.165) is 28.3 Å². The number of hydrogen-bond donors (Lipinski definition) is 1. The van der Waals surface area contributed by atoms with Crippen molar-refractivity contribution in [1.29, 1.82) is 0 Å². The zero-order valence-electron chi connectivity index (χ0n) is 24.0. The van der Waals surface area contributed by atoms with Gasteiger partial charge in [0, 0.05) is 18.1 Å². The van der Waals surface area contributed by atoms with Gasteiger partial charge in [-0.05, 0) is 79.4 Å². The normalized spacial score (nSPS) is 11.9. The molecule has 3 rings (SSSR count). The molecule has 2 amide bonds. The number of nitrogens with one attached hydrogen (secondary N) is 1. The number of ether oxygens (including phenoxy) is 1. The van der Waals surface area contributed by atoms with Gasteiger partial charge >= 0.3 is 0 Å². The molecule has 0 fully saturated rings. The minimum absolute atomic E-state index is 0.00384. The van der Waals surface area contributed by atoms with Crippen LogP contribution in [0.4, 0.5) is 5.69 Å². The molecule has 10 heteroatoms. The minimum atomic E-state index is -4.19. The van der Waals surface area contributed by atoms with Crippen LogP contribution in [0.3, 0.4) is 0 Å². The smallest absolute Gasteiger partial charge is 0.264 e. The van der Waals surface area contributed by atoms with E-state index in [4.69, 9.17) is 16.3 Å². The lowest BCUT2D eigenvalue weighted by molar-refractivity contribution is -0.140. The third kappa shape index (κ3) is 8.24. The lowest BCUT2D eigenvalue weighted by Crippen LogP contribution is -2.52. The lowest BCUT2D eigenvalue weighted by Gasteiger charge is -2.33. The summed E-state index contributed by atoms with van der Waals surface area (Å²) in [7, 11) is -2.69. The van der Waals surface area contributed by atoms with Crippen molar-refractivity contribution < 1.29 is 22.7 Å². The van der Waals surface area contributed by atoms with Crippen LogP contribution in [-0.4, -0.2) is 51.4 Å². The van der Waals surface area contributed by atoms with E-state index in [0.29, 0.717) is 23.7 Å². The SMILES string of the molecule is CCCCNC(=O)C(CC)N(Cc1ccccc1C)C(=O)CN(c1ccc(Cl)cc1)S(=O)(=O)c1ccc(OC)cc1. The Bertz CT molecular complexity index is 1410. The van der Waals surface area contributed by atoms with E-state index in [2.05, 4.69) is 5.32 Å². The molecular weight excluding hydrogens is 562 g/mol. The molecule has 0 heterocycles. The average Bonchev–Trinajstić information content (AvgIpc) is 2.97. The van der Waals surface area contributed by atoms with E-state index >= 15 is 0 Å². The molecular formula is C31H38ClN3O5S. The third-order valence-corrected chi connectivity index (χ3v) is 8.90. The summed E-state index contributed by atoms with van der Waals surface area (Å²) in [5.74, 6) is -0.265. The number of rotatable bonds is 14. The number of benzene rings is 3. The first-order valence-electron chi connectivity index (χ1n) is 13.7. The quantitative estimate of drug-likeness (QED) is 0.244. The second-order valence-corrected chi connectivity index (χ2v) is 12.0. The predicted octanol–water partition coefficient (Wildman–Crippen LogP) is 5.58. The molecule has 0 saturated heterocycles. The Kier molecular flexibility index (Phi) is 11.6. The van der Waals surface area contributed by atoms with E-state index in [9.17, 15) is 18.0 Å². The molecule has 0 radical (unpaired) electrons. The minimum Gasteiger partial charge on any atom is -0.497 e. The van der Waals surface area contributed by atoms with Gasteiger partial charge in [-0.3, -0.25) is 13.9 Å². The lowest BCUT2D eigenvalue weighted by atomic mass is 10.1. The molecule has 0 bridgehead atoms. The molecule has 1 N–H and O–H groups in total. The Morgan fingerprint density at radius 1 is 0.976 bits per heavy atom. The number of amides is 2. The highest BCUT2D eigenvalue weighted by Gasteiger charge is 2.33. The van der Waals surface area contributed by atoms with E-state index < -0.39 is 28.5 Å². The fraction of sp³-hybridized carbons (Fsp3) is 0.355. The van der Waals surface area contributed by atoms with Gasteiger partial charge in [-0.15, -0.1) is 0 Å². The molecule has 0 aliphatic carbocycles. The summed E-state index contributed by atoms with van der Waals surface area (Å²) in [5.41, 5.74) is 2.11. The Labute approximate surface area is 248 Å². The van der Waals surface area contributed by atoms with Crippen molar-refractivity contribution in [3.05, 3.63) is 88.9 Å². The predicted molar refractivity (Wildman–Crippen MR) is 163 cm³/mol. The molecule has 41 heavy (non-hydrogen) atoms. The van der Waals surface area contributed by atoms with Gasteiger partial charge in [0.15, 0.2) is 0 Å². The maximum atomic E-state index is 14.1. The standard InChI is InChI=1S/C31H38ClN3O5S/c1-5-7-20-33-31(37)29(6-2)34(21-24-11-9-8-10-23(24)3)30(36)22-35(26-14-12-25(32)13-15-26)41(38,39)28-18-16-27(40-4)17-19-28/h8-19,29H,5-7,20-22H2,1-4H3,(H,33,37). The topological polar surface area (TPSA) is 96.0 Å². The van der Waals surface area contributed by atoms with Crippen LogP contribution < -0.4 is 14.4 Å². The van der Waals surface area contributed by atoms with Crippen LogP contribution in [0.2, 0.25) is 5.02 Å². The summed E-state index contributed by atoms with van der Waals surface area (Å²) < 4.78 is 34.1. The van der Waals surface area contributed by atoms with E-state index in [-0.39, 0.29) is 23.0 Å². The maximum Gasteiger partial charge on any atom is 0.264 e. The summed E-state index contributed by atoms with van der Waals surface area (Å²) in [5, 5.41) is 3.37. The summed E-state index contributed by atoms with van der Waals surface area (Å²) in [6.07, 6.45) is 2.10. The van der Waals surface area contributed by atoms with Gasteiger partial charge < -0.3 is 15.0 Å². The van der Waals surface area contributed by atoms with Crippen LogP contribution in [0.25, 0.3) is 0 Å². The number of nitrogens with zero attached hydrogens (tertiary/aromatic N) is 2. The number of methoxy groups -OCH3 is 1. The van der Waals surface area contributed by atoms with Gasteiger partial charge in [0.2, 0.25) is 11.8 Å². The number of anilines is 1. The van der Waals surface area contributed by atoms with Crippen LogP contribution in [0, 0.1) is 6.92 Å². The monoisotopic (exact) mass is 599 g/mol. The number of unbranched alkanes of at least 4 members (excludes halogenated alkanes) is 1. The number of hydrogen-bond acceptors (Lipinski definition) is 5. The van der Waals surface area contributed by atoms with Crippen LogP contribution in [-0.2, 0) is 26.2 Å². The van der Waals surface area contributed by atoms with Crippen molar-refractivity contribution in [2.24, 2.45) is 0 Å². The maximum absolute atomic E-state index is 14.1. The van der Waals surface area contributed by atoms with Crippen molar-refractivity contribution in [2.45, 2.75) is 57.5 Å². The fourth-order valence-corrected chi connectivity index (χ4v) is 5.95. The van der Waals surface area contributed by atoms with Crippen molar-refractivity contribution in [3.8, 4) is 5.75 Å². The summed E-state index contributed by atoms with van der Waals surface area (Å²) >= 11 is 6.09. The van der Waals surface area contributed by atoms with Gasteiger partial charge in [-0.1, -0.05) is 56.1 Å². The van der Waals surface area contributed by atoms with E-state index in [1.807, 2.05) is 45.0 Å². The van der Waals surface area contributed by atoms with Gasteiger partial charge in [0.05, 0.1) is 17.7 Å². The highest BCUT2D eigenvalue weighted by atomic mass is 35.5. The largest absolute Gasteiger partial charge is 0.497 e. The molecule has 3 aromatic rings. The molecule has 0 spiro atoms. The van der Waals surface area contributed by atoms with Crippen molar-refractivity contribution in [2.75, 3.05) is 24.5 Å². The van der Waals surface area contributed by atoms with E-state index in [1.165, 1.54) is 24.1 Å². The van der Waals surface area contributed by atoms with Crippen molar-refractivity contribution in [1.82, 2.24) is 10.2 Å². The molecule has 0 aliphatic heterocycles. The Hall–Kier alpha value is -3.56. The summed E-state index contributed by atoms with van der Waals surface area (Å²) in [6.45, 7) is 5.96. The van der Waals surface area contributed by atoms with Crippen molar-refractivity contribution in [3.63, 3.8) is 0 Å². The van der Waals surface area contributed by atoms with Gasteiger partial charge in [0.1, 0.15) is 18.3 Å². The molecule has 3 aromatic carbocycles.